The SMILES string of the molecule is CCCC/C=C/[C](=[Cr])OC. The van der Waals surface area contributed by atoms with Crippen LogP contribution in [0.25, 0.3) is 0 Å². The molecule has 0 aromatic heterocycles. The first-order valence-electron chi connectivity index (χ1n) is 3.55. The van der Waals surface area contributed by atoms with E-state index in [4.69, 9.17) is 4.74 Å². The zero-order valence-corrected chi connectivity index (χ0v) is 7.87. The third kappa shape index (κ3) is 6.23. The predicted molar refractivity (Wildman–Crippen MR) is 40.7 cm³/mol. The zero-order valence-electron chi connectivity index (χ0n) is 6.59. The second kappa shape index (κ2) is 7.21. The van der Waals surface area contributed by atoms with Crippen LogP contribution < -0.4 is 0 Å². The molecule has 0 amide bonds. The fraction of sp³-hybridized carbons (Fsp3) is 0.625. The van der Waals surface area contributed by atoms with E-state index in [0.29, 0.717) is 0 Å². The summed E-state index contributed by atoms with van der Waals surface area (Å²) < 4.78 is 5.76. The Morgan fingerprint density at radius 2 is 2.30 bits per heavy atom. The quantitative estimate of drug-likeness (QED) is 0.585. The maximum atomic E-state index is 4.90. The summed E-state index contributed by atoms with van der Waals surface area (Å²) in [5.74, 6) is 0. The summed E-state index contributed by atoms with van der Waals surface area (Å²) in [5.41, 5.74) is 0. The first kappa shape index (κ1) is 10.1. The van der Waals surface area contributed by atoms with Gasteiger partial charge in [0.25, 0.3) is 0 Å². The summed E-state index contributed by atoms with van der Waals surface area (Å²) in [7, 11) is 1.66. The summed E-state index contributed by atoms with van der Waals surface area (Å²) in [6.07, 6.45) is 7.74. The Balaban J connectivity index is 3.27. The Bertz CT molecular complexity index is 118. The molecule has 0 aliphatic heterocycles. The summed E-state index contributed by atoms with van der Waals surface area (Å²) >= 11 is 2.81. The minimum absolute atomic E-state index is 0.858. The van der Waals surface area contributed by atoms with Gasteiger partial charge in [-0.1, -0.05) is 0 Å². The number of allylic oxidation sites excluding steroid dienone is 1. The molecular formula is C8H14CrO. The molecule has 58 valence electrons. The van der Waals surface area contributed by atoms with E-state index in [9.17, 15) is 0 Å². The topological polar surface area (TPSA) is 9.23 Å². The predicted octanol–water partition coefficient (Wildman–Crippen LogP) is 2.06. The number of hydrogen-bond acceptors (Lipinski definition) is 1. The molecule has 0 unspecified atom stereocenters. The maximum absolute atomic E-state index is 4.90. The Labute approximate surface area is 71.0 Å². The Hall–Kier alpha value is 0.102. The fourth-order valence-electron chi connectivity index (χ4n) is 0.570. The Morgan fingerprint density at radius 1 is 1.60 bits per heavy atom. The van der Waals surface area contributed by atoms with Crippen LogP contribution in [0.1, 0.15) is 26.2 Å². The van der Waals surface area contributed by atoms with Crippen molar-refractivity contribution in [1.82, 2.24) is 0 Å². The van der Waals surface area contributed by atoms with E-state index in [1.807, 2.05) is 6.08 Å². The molecule has 0 aromatic carbocycles. The van der Waals surface area contributed by atoms with Gasteiger partial charge in [-0.05, 0) is 0 Å². The monoisotopic (exact) mass is 178 g/mol. The van der Waals surface area contributed by atoms with E-state index in [-0.39, 0.29) is 0 Å². The van der Waals surface area contributed by atoms with Crippen LogP contribution in [0, 0.1) is 0 Å². The third-order valence-corrected chi connectivity index (χ3v) is 1.65. The molecular weight excluding hydrogens is 164 g/mol. The van der Waals surface area contributed by atoms with Crippen LogP contribution in [0.2, 0.25) is 0 Å². The normalized spacial score (nSPS) is 10.6. The number of ether oxygens (including phenoxy) is 1. The van der Waals surface area contributed by atoms with Crippen LogP contribution in [0.3, 0.4) is 0 Å². The molecule has 0 bridgehead atoms. The average Bonchev–Trinajstić information content (AvgIpc) is 1.98. The van der Waals surface area contributed by atoms with E-state index >= 15 is 0 Å². The average molecular weight is 178 g/mol. The van der Waals surface area contributed by atoms with Crippen LogP contribution in [0.15, 0.2) is 12.2 Å². The van der Waals surface area contributed by atoms with Crippen molar-refractivity contribution < 1.29 is 20.6 Å². The summed E-state index contributed by atoms with van der Waals surface area (Å²) in [6.45, 7) is 2.19. The molecule has 0 heterocycles. The van der Waals surface area contributed by atoms with Crippen molar-refractivity contribution in [3.05, 3.63) is 12.2 Å². The van der Waals surface area contributed by atoms with Crippen LogP contribution >= 0.6 is 0 Å². The molecule has 0 fully saturated rings. The summed E-state index contributed by atoms with van der Waals surface area (Å²) in [5, 5.41) is 0. The van der Waals surface area contributed by atoms with Crippen molar-refractivity contribution in [2.24, 2.45) is 0 Å². The van der Waals surface area contributed by atoms with E-state index in [0.717, 1.165) is 11.0 Å². The van der Waals surface area contributed by atoms with Gasteiger partial charge in [0.05, 0.1) is 0 Å². The second-order valence-electron chi connectivity index (χ2n) is 2.07. The molecule has 0 N–H and O–H groups in total. The van der Waals surface area contributed by atoms with Crippen LogP contribution in [0.5, 0.6) is 0 Å². The van der Waals surface area contributed by atoms with E-state index < -0.39 is 0 Å². The fourth-order valence-corrected chi connectivity index (χ4v) is 0.720. The van der Waals surface area contributed by atoms with E-state index in [2.05, 4.69) is 28.9 Å². The van der Waals surface area contributed by atoms with E-state index in [1.54, 1.807) is 7.11 Å². The molecule has 0 saturated carbocycles. The van der Waals surface area contributed by atoms with Crippen LogP contribution in [-0.2, 0) is 20.6 Å². The number of unbranched alkanes of at least 4 members (excludes halogenated alkanes) is 2. The first-order chi connectivity index (χ1) is 4.81. The van der Waals surface area contributed by atoms with Crippen molar-refractivity contribution in [2.45, 2.75) is 26.2 Å². The van der Waals surface area contributed by atoms with Gasteiger partial charge in [0.15, 0.2) is 0 Å². The molecule has 0 aromatic rings. The van der Waals surface area contributed by atoms with Gasteiger partial charge in [0.2, 0.25) is 0 Å². The molecule has 0 saturated heterocycles. The number of methoxy groups -OCH3 is 1. The molecule has 0 spiro atoms. The van der Waals surface area contributed by atoms with Gasteiger partial charge < -0.3 is 0 Å². The summed E-state index contributed by atoms with van der Waals surface area (Å²) in [6, 6.07) is 0. The van der Waals surface area contributed by atoms with Crippen molar-refractivity contribution in [3.8, 4) is 0 Å². The molecule has 0 aliphatic rings. The summed E-state index contributed by atoms with van der Waals surface area (Å²) in [4.78, 5) is 0. The standard InChI is InChI=1S/C8H14O.Cr/c1-3-4-5-6-7-8-9-2;/h6-7H,3-5H2,1-2H3;/b7-6+;. The number of rotatable bonds is 5. The van der Waals surface area contributed by atoms with Crippen molar-refractivity contribution in [2.75, 3.05) is 7.11 Å². The first-order valence-corrected chi connectivity index (χ1v) is 4.19. The molecule has 10 heavy (non-hydrogen) atoms. The van der Waals surface area contributed by atoms with Gasteiger partial charge in [-0.15, -0.1) is 0 Å². The van der Waals surface area contributed by atoms with E-state index in [1.165, 1.54) is 12.8 Å². The van der Waals surface area contributed by atoms with Crippen molar-refractivity contribution in [3.63, 3.8) is 0 Å². The van der Waals surface area contributed by atoms with Gasteiger partial charge in [-0.25, -0.2) is 0 Å². The molecule has 1 nitrogen and oxygen atoms in total. The molecule has 0 atom stereocenters. The molecule has 0 aliphatic carbocycles. The van der Waals surface area contributed by atoms with Crippen LogP contribution in [0.4, 0.5) is 0 Å². The van der Waals surface area contributed by atoms with Gasteiger partial charge in [-0.3, -0.25) is 0 Å². The Kier molecular flexibility index (Phi) is 7.29. The molecule has 0 rings (SSSR count). The minimum atomic E-state index is 0.858. The molecule has 0 radical (unpaired) electrons. The van der Waals surface area contributed by atoms with Crippen molar-refractivity contribution in [1.29, 1.82) is 0 Å². The molecule has 2 heteroatoms. The van der Waals surface area contributed by atoms with Gasteiger partial charge in [0, 0.05) is 0 Å². The van der Waals surface area contributed by atoms with Crippen molar-refractivity contribution >= 4 is 4.57 Å². The Morgan fingerprint density at radius 3 is 2.80 bits per heavy atom. The third-order valence-electron chi connectivity index (χ3n) is 1.18. The number of hydrogen-bond donors (Lipinski definition) is 0. The van der Waals surface area contributed by atoms with Gasteiger partial charge in [0.1, 0.15) is 0 Å². The zero-order chi connectivity index (χ0) is 7.82. The van der Waals surface area contributed by atoms with Crippen LogP contribution in [-0.4, -0.2) is 11.7 Å². The second-order valence-corrected chi connectivity index (χ2v) is 2.70. The van der Waals surface area contributed by atoms with Gasteiger partial charge in [-0.2, -0.15) is 0 Å². The van der Waals surface area contributed by atoms with Gasteiger partial charge >= 0.3 is 70.6 Å².